The van der Waals surface area contributed by atoms with E-state index < -0.39 is 11.9 Å². The first-order valence-electron chi connectivity index (χ1n) is 8.95. The molecule has 29 heavy (non-hydrogen) atoms. The zero-order chi connectivity index (χ0) is 21.3. The van der Waals surface area contributed by atoms with Gasteiger partial charge < -0.3 is 5.32 Å². The summed E-state index contributed by atoms with van der Waals surface area (Å²) in [5.74, 6) is -0.0951. The Bertz CT molecular complexity index is 1030. The molecule has 1 amide bonds. The van der Waals surface area contributed by atoms with E-state index in [-0.39, 0.29) is 18.4 Å². The van der Waals surface area contributed by atoms with Crippen LogP contribution in [0.2, 0.25) is 0 Å². The monoisotopic (exact) mass is 406 g/mol. The van der Waals surface area contributed by atoms with Gasteiger partial charge in [-0.1, -0.05) is 13.8 Å². The fraction of sp³-hybridized carbons (Fsp3) is 0.368. The molecule has 0 aliphatic rings. The molecule has 0 unspecified atom stereocenters. The van der Waals surface area contributed by atoms with Crippen LogP contribution in [0.25, 0.3) is 11.3 Å². The van der Waals surface area contributed by atoms with Crippen LogP contribution < -0.4 is 5.32 Å². The normalized spacial score (nSPS) is 11.9. The summed E-state index contributed by atoms with van der Waals surface area (Å²) in [7, 11) is 3.36. The summed E-state index contributed by atoms with van der Waals surface area (Å²) in [6, 6.07) is 5.79. The van der Waals surface area contributed by atoms with Crippen LogP contribution in [0.1, 0.15) is 47.3 Å². The maximum absolute atomic E-state index is 12.9. The van der Waals surface area contributed by atoms with E-state index >= 15 is 0 Å². The lowest BCUT2D eigenvalue weighted by atomic mass is 10.1. The van der Waals surface area contributed by atoms with E-state index in [0.29, 0.717) is 22.6 Å². The highest BCUT2D eigenvalue weighted by Gasteiger charge is 2.32. The molecule has 0 saturated carbocycles. The summed E-state index contributed by atoms with van der Waals surface area (Å²) >= 11 is 0. The van der Waals surface area contributed by atoms with Crippen molar-refractivity contribution < 1.29 is 18.0 Å². The Kier molecular flexibility index (Phi) is 5.45. The predicted molar refractivity (Wildman–Crippen MR) is 99.9 cm³/mol. The SMILES string of the molecule is CC(C)c1cc(C(=O)NCc2cc(-c3ccnc(C(F)(F)F)c3)nn2C)n(C)n1. The van der Waals surface area contributed by atoms with Crippen LogP contribution in [0.4, 0.5) is 13.2 Å². The summed E-state index contributed by atoms with van der Waals surface area (Å²) in [5, 5.41) is 11.4. The van der Waals surface area contributed by atoms with Gasteiger partial charge in [-0.25, -0.2) is 0 Å². The lowest BCUT2D eigenvalue weighted by Crippen LogP contribution is -2.26. The number of rotatable bonds is 5. The zero-order valence-electron chi connectivity index (χ0n) is 16.4. The standard InChI is InChI=1S/C19H21F3N6O/c1-11(2)14-9-16(28(4)25-14)18(29)24-10-13-8-15(26-27(13)3)12-5-6-23-17(7-12)19(20,21)22/h5-9,11H,10H2,1-4H3,(H,24,29). The molecule has 1 N–H and O–H groups in total. The van der Waals surface area contributed by atoms with Crippen molar-refractivity contribution in [2.45, 2.75) is 32.5 Å². The average molecular weight is 406 g/mol. The minimum Gasteiger partial charge on any atom is -0.345 e. The molecule has 154 valence electrons. The predicted octanol–water partition coefficient (Wildman–Crippen LogP) is 3.29. The topological polar surface area (TPSA) is 77.6 Å². The van der Waals surface area contributed by atoms with Crippen LogP contribution in [0.3, 0.4) is 0 Å². The van der Waals surface area contributed by atoms with E-state index in [0.717, 1.165) is 18.0 Å². The van der Waals surface area contributed by atoms with Gasteiger partial charge in [0.05, 0.1) is 23.6 Å². The zero-order valence-corrected chi connectivity index (χ0v) is 16.4. The second kappa shape index (κ2) is 7.69. The van der Waals surface area contributed by atoms with Crippen molar-refractivity contribution in [3.63, 3.8) is 0 Å². The molecule has 0 spiro atoms. The summed E-state index contributed by atoms with van der Waals surface area (Å²) in [5.41, 5.74) is 1.58. The van der Waals surface area contributed by atoms with Crippen molar-refractivity contribution in [3.05, 3.63) is 53.2 Å². The Hall–Kier alpha value is -3.17. The maximum Gasteiger partial charge on any atom is 0.433 e. The summed E-state index contributed by atoms with van der Waals surface area (Å²) in [6.45, 7) is 4.15. The number of nitrogens with zero attached hydrogens (tertiary/aromatic N) is 5. The Labute approximate surface area is 165 Å². The Morgan fingerprint density at radius 1 is 1.14 bits per heavy atom. The molecule has 0 aliphatic carbocycles. The first kappa shape index (κ1) is 20.6. The van der Waals surface area contributed by atoms with Gasteiger partial charge in [-0.3, -0.25) is 19.1 Å². The molecular weight excluding hydrogens is 385 g/mol. The number of aromatic nitrogens is 5. The van der Waals surface area contributed by atoms with Crippen molar-refractivity contribution in [1.29, 1.82) is 0 Å². The first-order valence-corrected chi connectivity index (χ1v) is 8.95. The molecule has 0 saturated heterocycles. The summed E-state index contributed by atoms with van der Waals surface area (Å²) in [4.78, 5) is 15.8. The quantitative estimate of drug-likeness (QED) is 0.705. The van der Waals surface area contributed by atoms with Crippen LogP contribution in [-0.4, -0.2) is 30.5 Å². The highest BCUT2D eigenvalue weighted by molar-refractivity contribution is 5.92. The molecule has 3 rings (SSSR count). The molecule has 3 aromatic rings. The number of pyridine rings is 1. The third-order valence-corrected chi connectivity index (χ3v) is 4.48. The summed E-state index contributed by atoms with van der Waals surface area (Å²) in [6.07, 6.45) is -3.43. The second-order valence-electron chi connectivity index (χ2n) is 6.99. The van der Waals surface area contributed by atoms with E-state index in [2.05, 4.69) is 20.5 Å². The van der Waals surface area contributed by atoms with Gasteiger partial charge in [-0.05, 0) is 30.2 Å². The lowest BCUT2D eigenvalue weighted by molar-refractivity contribution is -0.141. The molecule has 7 nitrogen and oxygen atoms in total. The Morgan fingerprint density at radius 3 is 2.48 bits per heavy atom. The lowest BCUT2D eigenvalue weighted by Gasteiger charge is -2.06. The molecule has 0 aliphatic heterocycles. The molecular formula is C19H21F3N6O. The molecule has 0 fully saturated rings. The largest absolute Gasteiger partial charge is 0.433 e. The number of hydrogen-bond donors (Lipinski definition) is 1. The number of aryl methyl sites for hydroxylation is 2. The number of halogens is 3. The molecule has 0 radical (unpaired) electrons. The van der Waals surface area contributed by atoms with Crippen LogP contribution in [0.15, 0.2) is 30.5 Å². The third kappa shape index (κ3) is 4.47. The van der Waals surface area contributed by atoms with Gasteiger partial charge in [0.25, 0.3) is 5.91 Å². The average Bonchev–Trinajstić information content (AvgIpc) is 3.22. The van der Waals surface area contributed by atoms with Gasteiger partial charge in [0.15, 0.2) is 0 Å². The number of hydrogen-bond acceptors (Lipinski definition) is 4. The van der Waals surface area contributed by atoms with Crippen LogP contribution >= 0.6 is 0 Å². The number of amides is 1. The van der Waals surface area contributed by atoms with Crippen molar-refractivity contribution >= 4 is 5.91 Å². The fourth-order valence-corrected chi connectivity index (χ4v) is 2.80. The van der Waals surface area contributed by atoms with E-state index in [1.165, 1.54) is 15.4 Å². The first-order chi connectivity index (χ1) is 13.6. The van der Waals surface area contributed by atoms with Crippen LogP contribution in [0.5, 0.6) is 0 Å². The van der Waals surface area contributed by atoms with Gasteiger partial charge >= 0.3 is 6.18 Å². The number of carbonyl (C=O) groups excluding carboxylic acids is 1. The van der Waals surface area contributed by atoms with Crippen molar-refractivity contribution in [3.8, 4) is 11.3 Å². The molecule has 0 bridgehead atoms. The molecule has 3 aromatic heterocycles. The van der Waals surface area contributed by atoms with Gasteiger partial charge in [0, 0.05) is 25.9 Å². The number of alkyl halides is 3. The second-order valence-corrected chi connectivity index (χ2v) is 6.99. The van der Waals surface area contributed by atoms with Crippen LogP contribution in [0, 0.1) is 0 Å². The highest BCUT2D eigenvalue weighted by atomic mass is 19.4. The van der Waals surface area contributed by atoms with Crippen molar-refractivity contribution in [1.82, 2.24) is 29.9 Å². The Balaban J connectivity index is 1.76. The molecule has 3 heterocycles. The number of nitrogens with one attached hydrogen (secondary N) is 1. The summed E-state index contributed by atoms with van der Waals surface area (Å²) < 4.78 is 41.7. The van der Waals surface area contributed by atoms with E-state index in [9.17, 15) is 18.0 Å². The fourth-order valence-electron chi connectivity index (χ4n) is 2.80. The van der Waals surface area contributed by atoms with Gasteiger partial charge in [-0.15, -0.1) is 0 Å². The minimum absolute atomic E-state index is 0.168. The van der Waals surface area contributed by atoms with Gasteiger partial charge in [0.2, 0.25) is 0 Å². The number of carbonyl (C=O) groups is 1. The minimum atomic E-state index is -4.53. The Morgan fingerprint density at radius 2 is 1.86 bits per heavy atom. The van der Waals surface area contributed by atoms with Gasteiger partial charge in [0.1, 0.15) is 11.4 Å². The highest BCUT2D eigenvalue weighted by Crippen LogP contribution is 2.30. The molecule has 10 heteroatoms. The van der Waals surface area contributed by atoms with Crippen LogP contribution in [-0.2, 0) is 26.8 Å². The van der Waals surface area contributed by atoms with E-state index in [1.54, 1.807) is 26.2 Å². The van der Waals surface area contributed by atoms with E-state index in [4.69, 9.17) is 0 Å². The van der Waals surface area contributed by atoms with Gasteiger partial charge in [-0.2, -0.15) is 23.4 Å². The molecule has 0 atom stereocenters. The smallest absolute Gasteiger partial charge is 0.345 e. The van der Waals surface area contributed by atoms with Crippen molar-refractivity contribution in [2.24, 2.45) is 14.1 Å². The van der Waals surface area contributed by atoms with E-state index in [1.807, 2.05) is 13.8 Å². The third-order valence-electron chi connectivity index (χ3n) is 4.48. The van der Waals surface area contributed by atoms with Crippen molar-refractivity contribution in [2.75, 3.05) is 0 Å². The maximum atomic E-state index is 12.9. The molecule has 0 aromatic carbocycles.